The van der Waals surface area contributed by atoms with Gasteiger partial charge in [0.25, 0.3) is 0 Å². The van der Waals surface area contributed by atoms with E-state index in [1.165, 1.54) is 5.56 Å². The number of hydrogen-bond acceptors (Lipinski definition) is 3. The Bertz CT molecular complexity index is 775. The molecular formula is C25H37FN2O2. The molecular weight excluding hydrogens is 379 g/mol. The van der Waals surface area contributed by atoms with Crippen LogP contribution in [0.25, 0.3) is 0 Å². The second-order valence-corrected chi connectivity index (χ2v) is 11.1. The molecule has 4 nitrogen and oxygen atoms in total. The van der Waals surface area contributed by atoms with Crippen LogP contribution >= 0.6 is 0 Å². The molecule has 5 heteroatoms. The number of rotatable bonds is 4. The monoisotopic (exact) mass is 416 g/mol. The normalized spacial score (nSPS) is 34.2. The van der Waals surface area contributed by atoms with Crippen molar-refractivity contribution >= 4 is 6.09 Å². The minimum atomic E-state index is -1.09. The Morgan fingerprint density at radius 1 is 1.20 bits per heavy atom. The number of hydrogen-bond donors (Lipinski definition) is 0. The van der Waals surface area contributed by atoms with Crippen LogP contribution in [0.15, 0.2) is 30.3 Å². The number of alkyl halides is 1. The van der Waals surface area contributed by atoms with Crippen molar-refractivity contribution in [2.45, 2.75) is 115 Å². The fourth-order valence-electron chi connectivity index (χ4n) is 5.83. The molecule has 3 aliphatic rings. The van der Waals surface area contributed by atoms with E-state index in [1.807, 2.05) is 33.8 Å². The van der Waals surface area contributed by atoms with Crippen molar-refractivity contribution in [3.8, 4) is 0 Å². The molecule has 166 valence electrons. The Hall–Kier alpha value is -1.62. The number of ether oxygens (including phenoxy) is 1. The molecule has 3 fully saturated rings. The van der Waals surface area contributed by atoms with Crippen LogP contribution in [0.3, 0.4) is 0 Å². The van der Waals surface area contributed by atoms with E-state index in [2.05, 4.69) is 36.1 Å². The zero-order valence-electron chi connectivity index (χ0n) is 19.2. The van der Waals surface area contributed by atoms with Gasteiger partial charge in [-0.3, -0.25) is 9.80 Å². The highest BCUT2D eigenvalue weighted by Crippen LogP contribution is 2.52. The molecule has 4 atom stereocenters. The van der Waals surface area contributed by atoms with Gasteiger partial charge in [-0.2, -0.15) is 0 Å². The number of fused-ring (bicyclic) bond motifs is 2. The molecule has 1 saturated carbocycles. The van der Waals surface area contributed by atoms with Crippen molar-refractivity contribution in [3.63, 3.8) is 0 Å². The smallest absolute Gasteiger partial charge is 0.411 e. The minimum Gasteiger partial charge on any atom is -0.444 e. The average molecular weight is 417 g/mol. The van der Waals surface area contributed by atoms with Gasteiger partial charge in [-0.25, -0.2) is 9.18 Å². The summed E-state index contributed by atoms with van der Waals surface area (Å²) in [4.78, 5) is 17.4. The van der Waals surface area contributed by atoms with Crippen molar-refractivity contribution in [3.05, 3.63) is 35.9 Å². The van der Waals surface area contributed by atoms with Crippen LogP contribution < -0.4 is 0 Å². The fraction of sp³-hybridized carbons (Fsp3) is 0.720. The Morgan fingerprint density at radius 2 is 1.87 bits per heavy atom. The van der Waals surface area contributed by atoms with Gasteiger partial charge in [0.2, 0.25) is 0 Å². The van der Waals surface area contributed by atoms with Crippen LogP contribution in [-0.2, 0) is 11.3 Å². The lowest BCUT2D eigenvalue weighted by atomic mass is 9.66. The SMILES string of the molecule is CC(C)(C)OC(=O)N1[C@@]2(C)CCC[C@]1(C)[C@@H](F)[C@@H](N(Cc1ccccc1)C1CC1)C2. The Kier molecular flexibility index (Phi) is 5.41. The van der Waals surface area contributed by atoms with Gasteiger partial charge in [-0.1, -0.05) is 30.3 Å². The summed E-state index contributed by atoms with van der Waals surface area (Å²) in [6.07, 6.45) is 4.00. The standard InChI is InChI=1S/C25H37FN2O2/c1-23(2,3)30-22(29)28-24(4)14-9-15-25(28,5)21(26)20(16-24)27(19-12-13-19)17-18-10-7-6-8-11-18/h6-8,10-11,19-21H,9,12-17H2,1-5H3/t20-,21-,24-,25+/m0/s1. The zero-order chi connectivity index (χ0) is 21.7. The third-order valence-electron chi connectivity index (χ3n) is 7.26. The summed E-state index contributed by atoms with van der Waals surface area (Å²) < 4.78 is 22.1. The maximum Gasteiger partial charge on any atom is 0.411 e. The van der Waals surface area contributed by atoms with E-state index >= 15 is 4.39 Å². The first kappa shape index (κ1) is 21.6. The number of benzene rings is 1. The molecule has 2 bridgehead atoms. The first-order chi connectivity index (χ1) is 14.0. The maximum absolute atomic E-state index is 16.4. The highest BCUT2D eigenvalue weighted by molar-refractivity contribution is 5.71. The molecule has 4 rings (SSSR count). The average Bonchev–Trinajstić information content (AvgIpc) is 3.47. The van der Waals surface area contributed by atoms with Gasteiger partial charge in [0, 0.05) is 24.2 Å². The summed E-state index contributed by atoms with van der Waals surface area (Å²) in [5, 5.41) is 0. The Labute approximate surface area is 180 Å². The van der Waals surface area contributed by atoms with Crippen molar-refractivity contribution in [1.29, 1.82) is 0 Å². The van der Waals surface area contributed by atoms with Crippen LogP contribution in [0.2, 0.25) is 0 Å². The largest absolute Gasteiger partial charge is 0.444 e. The lowest BCUT2D eigenvalue weighted by Crippen LogP contribution is -2.75. The first-order valence-corrected chi connectivity index (χ1v) is 11.5. The van der Waals surface area contributed by atoms with E-state index < -0.39 is 17.3 Å². The Balaban J connectivity index is 1.64. The summed E-state index contributed by atoms with van der Waals surface area (Å²) in [6, 6.07) is 10.7. The number of carbonyl (C=O) groups is 1. The number of halogens is 1. The molecule has 1 aromatic rings. The molecule has 1 amide bonds. The topological polar surface area (TPSA) is 32.8 Å². The van der Waals surface area contributed by atoms with Gasteiger partial charge in [0.1, 0.15) is 11.8 Å². The number of nitrogens with zero attached hydrogens (tertiary/aromatic N) is 2. The fourth-order valence-corrected chi connectivity index (χ4v) is 5.83. The van der Waals surface area contributed by atoms with E-state index in [0.29, 0.717) is 18.9 Å². The van der Waals surface area contributed by atoms with E-state index in [-0.39, 0.29) is 17.7 Å². The van der Waals surface area contributed by atoms with E-state index in [4.69, 9.17) is 4.74 Å². The van der Waals surface area contributed by atoms with E-state index in [9.17, 15) is 4.79 Å². The predicted molar refractivity (Wildman–Crippen MR) is 117 cm³/mol. The quantitative estimate of drug-likeness (QED) is 0.631. The Morgan fingerprint density at radius 3 is 2.47 bits per heavy atom. The molecule has 1 aromatic carbocycles. The van der Waals surface area contributed by atoms with Gasteiger partial charge in [-0.05, 0) is 78.7 Å². The second kappa shape index (κ2) is 7.51. The first-order valence-electron chi connectivity index (χ1n) is 11.5. The summed E-state index contributed by atoms with van der Waals surface area (Å²) in [6.45, 7) is 10.5. The summed E-state index contributed by atoms with van der Waals surface area (Å²) in [5.74, 6) is 0. The van der Waals surface area contributed by atoms with Crippen LogP contribution in [-0.4, -0.2) is 50.8 Å². The lowest BCUT2D eigenvalue weighted by molar-refractivity contribution is -0.150. The number of amides is 1. The van der Waals surface area contributed by atoms with Crippen LogP contribution in [0.5, 0.6) is 0 Å². The van der Waals surface area contributed by atoms with E-state index in [1.54, 1.807) is 4.90 Å². The van der Waals surface area contributed by atoms with Gasteiger partial charge < -0.3 is 4.74 Å². The molecule has 2 heterocycles. The molecule has 2 aliphatic heterocycles. The van der Waals surface area contributed by atoms with Crippen molar-refractivity contribution in [1.82, 2.24) is 9.80 Å². The van der Waals surface area contributed by atoms with Crippen molar-refractivity contribution in [2.75, 3.05) is 0 Å². The van der Waals surface area contributed by atoms with Crippen LogP contribution in [0.1, 0.15) is 78.7 Å². The highest BCUT2D eigenvalue weighted by atomic mass is 19.1. The molecule has 0 aromatic heterocycles. The molecule has 0 spiro atoms. The molecule has 0 unspecified atom stereocenters. The summed E-state index contributed by atoms with van der Waals surface area (Å²) >= 11 is 0. The third-order valence-corrected chi connectivity index (χ3v) is 7.26. The molecule has 1 aliphatic carbocycles. The van der Waals surface area contributed by atoms with Crippen LogP contribution in [0.4, 0.5) is 9.18 Å². The van der Waals surface area contributed by atoms with Crippen LogP contribution in [0, 0.1) is 0 Å². The third kappa shape index (κ3) is 3.98. The number of piperidine rings is 2. The molecule has 2 saturated heterocycles. The van der Waals surface area contributed by atoms with Crippen molar-refractivity contribution in [2.24, 2.45) is 0 Å². The minimum absolute atomic E-state index is 0.174. The molecule has 30 heavy (non-hydrogen) atoms. The maximum atomic E-state index is 16.4. The summed E-state index contributed by atoms with van der Waals surface area (Å²) in [7, 11) is 0. The predicted octanol–water partition coefficient (Wildman–Crippen LogP) is 5.70. The highest BCUT2D eigenvalue weighted by Gasteiger charge is 2.62. The number of carbonyl (C=O) groups excluding carboxylic acids is 1. The van der Waals surface area contributed by atoms with Gasteiger partial charge in [0.05, 0.1) is 5.54 Å². The lowest BCUT2D eigenvalue weighted by Gasteiger charge is -2.63. The molecule has 0 radical (unpaired) electrons. The second-order valence-electron chi connectivity index (χ2n) is 11.1. The van der Waals surface area contributed by atoms with Gasteiger partial charge in [0.15, 0.2) is 0 Å². The van der Waals surface area contributed by atoms with E-state index in [0.717, 1.165) is 32.2 Å². The molecule has 0 N–H and O–H groups in total. The van der Waals surface area contributed by atoms with Crippen molar-refractivity contribution < 1.29 is 13.9 Å². The zero-order valence-corrected chi connectivity index (χ0v) is 19.2. The van der Waals surface area contributed by atoms with Gasteiger partial charge in [-0.15, -0.1) is 0 Å². The van der Waals surface area contributed by atoms with Gasteiger partial charge >= 0.3 is 6.09 Å². The summed E-state index contributed by atoms with van der Waals surface area (Å²) in [5.41, 5.74) is -0.575.